The second kappa shape index (κ2) is 3.17. The van der Waals surface area contributed by atoms with Gasteiger partial charge in [-0.3, -0.25) is 9.59 Å². The molecule has 12 heavy (non-hydrogen) atoms. The number of hydrogen-bond acceptors (Lipinski definition) is 2. The maximum absolute atomic E-state index is 12.5. The molecule has 0 aliphatic rings. The fraction of sp³-hybridized carbons (Fsp3) is 0.143. The molecule has 1 heterocycles. The van der Waals surface area contributed by atoms with Gasteiger partial charge in [0.2, 0.25) is 0 Å². The number of aliphatic carboxylic acids is 1. The number of pyridine rings is 1. The van der Waals surface area contributed by atoms with Crippen molar-refractivity contribution in [2.24, 2.45) is 0 Å². The van der Waals surface area contributed by atoms with E-state index in [0.717, 1.165) is 10.6 Å². The van der Waals surface area contributed by atoms with Crippen LogP contribution in [0.3, 0.4) is 0 Å². The standard InChI is InChI=1S/C7H6FNO3/c8-5-2-1-3-9(7(5)12)4-6(10)11/h1-3H,4H2,(H,10,11). The summed E-state index contributed by atoms with van der Waals surface area (Å²) in [5.74, 6) is -2.12. The summed E-state index contributed by atoms with van der Waals surface area (Å²) in [6.07, 6.45) is 1.22. The van der Waals surface area contributed by atoms with Crippen molar-refractivity contribution >= 4 is 5.97 Å². The highest BCUT2D eigenvalue weighted by Gasteiger charge is 2.04. The van der Waals surface area contributed by atoms with E-state index in [9.17, 15) is 14.0 Å². The van der Waals surface area contributed by atoms with E-state index in [1.807, 2.05) is 0 Å². The molecule has 0 fully saturated rings. The zero-order valence-corrected chi connectivity index (χ0v) is 6.03. The van der Waals surface area contributed by atoms with Gasteiger partial charge in [0.25, 0.3) is 5.56 Å². The summed E-state index contributed by atoms with van der Waals surface area (Å²) in [6, 6.07) is 2.26. The Kier molecular flexibility index (Phi) is 2.23. The van der Waals surface area contributed by atoms with E-state index >= 15 is 0 Å². The molecule has 0 saturated carbocycles. The van der Waals surface area contributed by atoms with Gasteiger partial charge in [0.15, 0.2) is 5.82 Å². The molecule has 0 unspecified atom stereocenters. The number of rotatable bonds is 2. The minimum absolute atomic E-state index is 0.517. The number of carboxylic acids is 1. The molecule has 0 saturated heterocycles. The Bertz CT molecular complexity index is 358. The molecule has 1 aromatic heterocycles. The van der Waals surface area contributed by atoms with Crippen molar-refractivity contribution in [3.63, 3.8) is 0 Å². The van der Waals surface area contributed by atoms with Crippen LogP contribution in [0.1, 0.15) is 0 Å². The van der Waals surface area contributed by atoms with Crippen LogP contribution in [-0.2, 0) is 11.3 Å². The largest absolute Gasteiger partial charge is 0.480 e. The molecule has 0 aliphatic heterocycles. The average Bonchev–Trinajstić information content (AvgIpc) is 1.98. The van der Waals surface area contributed by atoms with Crippen molar-refractivity contribution in [3.8, 4) is 0 Å². The summed E-state index contributed by atoms with van der Waals surface area (Å²) in [5.41, 5.74) is -0.917. The highest BCUT2D eigenvalue weighted by Crippen LogP contribution is 1.88. The van der Waals surface area contributed by atoms with Crippen molar-refractivity contribution in [1.29, 1.82) is 0 Å². The summed E-state index contributed by atoms with van der Waals surface area (Å²) in [4.78, 5) is 21.0. The summed E-state index contributed by atoms with van der Waals surface area (Å²) >= 11 is 0. The lowest BCUT2D eigenvalue weighted by molar-refractivity contribution is -0.137. The maximum atomic E-state index is 12.5. The van der Waals surface area contributed by atoms with Gasteiger partial charge in [0.05, 0.1) is 0 Å². The summed E-state index contributed by atoms with van der Waals surface area (Å²) in [6.45, 7) is -0.517. The molecule has 1 aromatic rings. The van der Waals surface area contributed by atoms with Crippen molar-refractivity contribution in [3.05, 3.63) is 34.5 Å². The Hall–Kier alpha value is -1.65. The van der Waals surface area contributed by atoms with Crippen LogP contribution < -0.4 is 5.56 Å². The Morgan fingerprint density at radius 3 is 2.92 bits per heavy atom. The highest BCUT2D eigenvalue weighted by atomic mass is 19.1. The molecule has 0 radical (unpaired) electrons. The van der Waals surface area contributed by atoms with Crippen LogP contribution in [0.5, 0.6) is 0 Å². The molecule has 0 atom stereocenters. The monoisotopic (exact) mass is 171 g/mol. The van der Waals surface area contributed by atoms with E-state index in [2.05, 4.69) is 0 Å². The lowest BCUT2D eigenvalue weighted by Crippen LogP contribution is -2.25. The normalized spacial score (nSPS) is 9.75. The zero-order valence-electron chi connectivity index (χ0n) is 6.03. The topological polar surface area (TPSA) is 59.3 Å². The Balaban J connectivity index is 3.09. The highest BCUT2D eigenvalue weighted by molar-refractivity contribution is 5.66. The summed E-state index contributed by atoms with van der Waals surface area (Å²) < 4.78 is 13.3. The molecule has 1 rings (SSSR count). The first kappa shape index (κ1) is 8.45. The van der Waals surface area contributed by atoms with Crippen molar-refractivity contribution in [2.75, 3.05) is 0 Å². The first-order valence-electron chi connectivity index (χ1n) is 3.18. The van der Waals surface area contributed by atoms with Crippen LogP contribution in [-0.4, -0.2) is 15.6 Å². The molecule has 0 spiro atoms. The van der Waals surface area contributed by atoms with Crippen LogP contribution in [0.25, 0.3) is 0 Å². The molecular weight excluding hydrogens is 165 g/mol. The number of carbonyl (C=O) groups is 1. The first-order valence-corrected chi connectivity index (χ1v) is 3.18. The van der Waals surface area contributed by atoms with Crippen LogP contribution in [0.4, 0.5) is 4.39 Å². The molecule has 0 bridgehead atoms. The third-order valence-electron chi connectivity index (χ3n) is 1.28. The molecule has 0 aromatic carbocycles. The van der Waals surface area contributed by atoms with Gasteiger partial charge in [-0.25, -0.2) is 4.39 Å². The molecule has 64 valence electrons. The molecule has 4 nitrogen and oxygen atoms in total. The van der Waals surface area contributed by atoms with E-state index in [1.54, 1.807) is 0 Å². The van der Waals surface area contributed by atoms with Crippen LogP contribution in [0.2, 0.25) is 0 Å². The van der Waals surface area contributed by atoms with Gasteiger partial charge in [-0.2, -0.15) is 0 Å². The Morgan fingerprint density at radius 1 is 1.67 bits per heavy atom. The van der Waals surface area contributed by atoms with E-state index in [0.29, 0.717) is 0 Å². The number of hydrogen-bond donors (Lipinski definition) is 1. The fourth-order valence-corrected chi connectivity index (χ4v) is 0.778. The van der Waals surface area contributed by atoms with Crippen molar-refractivity contribution in [2.45, 2.75) is 6.54 Å². The van der Waals surface area contributed by atoms with Gasteiger partial charge in [-0.15, -0.1) is 0 Å². The van der Waals surface area contributed by atoms with E-state index < -0.39 is 23.9 Å². The van der Waals surface area contributed by atoms with Gasteiger partial charge < -0.3 is 9.67 Å². The minimum atomic E-state index is -1.18. The van der Waals surface area contributed by atoms with E-state index in [-0.39, 0.29) is 0 Å². The third kappa shape index (κ3) is 1.69. The van der Waals surface area contributed by atoms with Crippen LogP contribution in [0.15, 0.2) is 23.1 Å². The average molecular weight is 171 g/mol. The predicted molar refractivity (Wildman–Crippen MR) is 38.3 cm³/mol. The Labute approximate surface area is 66.9 Å². The lowest BCUT2D eigenvalue weighted by Gasteiger charge is -1.99. The minimum Gasteiger partial charge on any atom is -0.480 e. The first-order chi connectivity index (χ1) is 5.61. The van der Waals surface area contributed by atoms with E-state index in [4.69, 9.17) is 5.11 Å². The van der Waals surface area contributed by atoms with E-state index in [1.165, 1.54) is 12.3 Å². The molecular formula is C7H6FNO3. The van der Waals surface area contributed by atoms with Crippen molar-refractivity contribution < 1.29 is 14.3 Å². The van der Waals surface area contributed by atoms with Crippen LogP contribution in [0, 0.1) is 5.82 Å². The molecule has 0 aliphatic carbocycles. The predicted octanol–water partition coefficient (Wildman–Crippen LogP) is 0.0720. The molecule has 0 amide bonds. The second-order valence-corrected chi connectivity index (χ2v) is 2.18. The van der Waals surface area contributed by atoms with Gasteiger partial charge in [-0.05, 0) is 12.1 Å². The Morgan fingerprint density at radius 2 is 2.33 bits per heavy atom. The smallest absolute Gasteiger partial charge is 0.323 e. The van der Waals surface area contributed by atoms with Gasteiger partial charge >= 0.3 is 5.97 Å². The van der Waals surface area contributed by atoms with Gasteiger partial charge in [0, 0.05) is 6.20 Å². The lowest BCUT2D eigenvalue weighted by atomic mass is 10.4. The second-order valence-electron chi connectivity index (χ2n) is 2.18. The van der Waals surface area contributed by atoms with Crippen molar-refractivity contribution in [1.82, 2.24) is 4.57 Å². The number of nitrogens with zero attached hydrogens (tertiary/aromatic N) is 1. The number of aromatic nitrogens is 1. The third-order valence-corrected chi connectivity index (χ3v) is 1.28. The zero-order chi connectivity index (χ0) is 9.14. The molecule has 1 N–H and O–H groups in total. The summed E-state index contributed by atoms with van der Waals surface area (Å²) in [5, 5.41) is 8.30. The van der Waals surface area contributed by atoms with Gasteiger partial charge in [0.1, 0.15) is 6.54 Å². The number of halogens is 1. The number of carboxylic acid groups (broad SMARTS) is 1. The SMILES string of the molecule is O=C(O)Cn1cccc(F)c1=O. The summed E-state index contributed by atoms with van der Waals surface area (Å²) in [7, 11) is 0. The molecule has 5 heteroatoms. The quantitative estimate of drug-likeness (QED) is 0.685. The maximum Gasteiger partial charge on any atom is 0.323 e. The van der Waals surface area contributed by atoms with Gasteiger partial charge in [-0.1, -0.05) is 0 Å². The fourth-order valence-electron chi connectivity index (χ4n) is 0.778. The van der Waals surface area contributed by atoms with Crippen LogP contribution >= 0.6 is 0 Å².